The number of para-hydroxylation sites is 2. The van der Waals surface area contributed by atoms with Gasteiger partial charge in [0.1, 0.15) is 11.5 Å². The summed E-state index contributed by atoms with van der Waals surface area (Å²) in [6.45, 7) is 9.26. The molecule has 1 amide bonds. The van der Waals surface area contributed by atoms with Gasteiger partial charge in [-0.15, -0.1) is 0 Å². The number of rotatable bonds is 10. The van der Waals surface area contributed by atoms with Gasteiger partial charge in [-0.1, -0.05) is 25.5 Å². The fourth-order valence-corrected chi connectivity index (χ4v) is 5.32. The highest BCUT2D eigenvalue weighted by Crippen LogP contribution is 2.28. The summed E-state index contributed by atoms with van der Waals surface area (Å²) in [7, 11) is 1.70. The summed E-state index contributed by atoms with van der Waals surface area (Å²) in [5.41, 5.74) is 2.37. The van der Waals surface area contributed by atoms with Gasteiger partial charge in [0.2, 0.25) is 5.95 Å². The normalized spacial score (nSPS) is 16.1. The summed E-state index contributed by atoms with van der Waals surface area (Å²) in [5, 5.41) is 0. The van der Waals surface area contributed by atoms with E-state index in [0.717, 1.165) is 61.9 Å². The summed E-state index contributed by atoms with van der Waals surface area (Å²) in [6.07, 6.45) is 2.09. The predicted octanol–water partition coefficient (Wildman–Crippen LogP) is 3.24. The van der Waals surface area contributed by atoms with E-state index in [0.29, 0.717) is 50.8 Å². The first kappa shape index (κ1) is 28.5. The number of anilines is 2. The van der Waals surface area contributed by atoms with Gasteiger partial charge in [-0.25, -0.2) is 4.98 Å². The molecule has 0 aliphatic carbocycles. The van der Waals surface area contributed by atoms with E-state index in [9.17, 15) is 9.59 Å². The molecular formula is C31H40N6O4. The number of nitrogens with one attached hydrogen (secondary N) is 1. The molecule has 10 heteroatoms. The molecule has 0 spiro atoms. The lowest BCUT2D eigenvalue weighted by atomic mass is 10.1. The van der Waals surface area contributed by atoms with E-state index >= 15 is 0 Å². The van der Waals surface area contributed by atoms with E-state index in [1.54, 1.807) is 13.2 Å². The van der Waals surface area contributed by atoms with E-state index in [1.165, 1.54) is 0 Å². The molecule has 2 fully saturated rings. The number of carbonyl (C=O) groups is 1. The summed E-state index contributed by atoms with van der Waals surface area (Å²) < 4.78 is 11.2. The Bertz CT molecular complexity index is 1350. The Hall–Kier alpha value is -4.05. The Balaban J connectivity index is 1.14. The topological polar surface area (TPSA) is 94.2 Å². The first-order chi connectivity index (χ1) is 20.0. The Morgan fingerprint density at radius 1 is 0.927 bits per heavy atom. The summed E-state index contributed by atoms with van der Waals surface area (Å²) in [5.74, 6) is 2.25. The number of piperazine rings is 2. The SMILES string of the molecule is CCCCOc1ccc(C(=O)N2CCN(c3nc(CN4CCN(c5ccccc5OC)CC4)cc(=O)[nH]3)CC2)cc1. The maximum absolute atomic E-state index is 13.1. The van der Waals surface area contributed by atoms with E-state index in [-0.39, 0.29) is 11.5 Å². The minimum Gasteiger partial charge on any atom is -0.495 e. The third-order valence-electron chi connectivity index (χ3n) is 7.70. The fraction of sp³-hybridized carbons (Fsp3) is 0.452. The highest BCUT2D eigenvalue weighted by molar-refractivity contribution is 5.94. The zero-order chi connectivity index (χ0) is 28.6. The van der Waals surface area contributed by atoms with Crippen molar-refractivity contribution in [3.05, 3.63) is 76.2 Å². The number of hydrogen-bond donors (Lipinski definition) is 1. The minimum absolute atomic E-state index is 0.00669. The van der Waals surface area contributed by atoms with Crippen molar-refractivity contribution in [3.63, 3.8) is 0 Å². The molecule has 2 aliphatic heterocycles. The van der Waals surface area contributed by atoms with Crippen molar-refractivity contribution in [1.82, 2.24) is 19.8 Å². The molecule has 218 valence electrons. The van der Waals surface area contributed by atoms with Crippen molar-refractivity contribution in [2.75, 3.05) is 75.9 Å². The molecule has 41 heavy (non-hydrogen) atoms. The highest BCUT2D eigenvalue weighted by Gasteiger charge is 2.25. The van der Waals surface area contributed by atoms with Crippen molar-refractivity contribution in [3.8, 4) is 11.5 Å². The van der Waals surface area contributed by atoms with Gasteiger partial charge in [0.25, 0.3) is 11.5 Å². The molecule has 2 saturated heterocycles. The Morgan fingerprint density at radius 3 is 2.34 bits per heavy atom. The van der Waals surface area contributed by atoms with E-state index in [1.807, 2.05) is 47.4 Å². The van der Waals surface area contributed by atoms with Crippen molar-refractivity contribution in [2.24, 2.45) is 0 Å². The average Bonchev–Trinajstić information content (AvgIpc) is 3.01. The maximum atomic E-state index is 13.1. The van der Waals surface area contributed by atoms with E-state index in [4.69, 9.17) is 14.5 Å². The number of nitrogens with zero attached hydrogens (tertiary/aromatic N) is 5. The molecule has 1 aromatic heterocycles. The predicted molar refractivity (Wildman–Crippen MR) is 160 cm³/mol. The monoisotopic (exact) mass is 560 g/mol. The Labute approximate surface area is 241 Å². The average molecular weight is 561 g/mol. The third-order valence-corrected chi connectivity index (χ3v) is 7.70. The second-order valence-corrected chi connectivity index (χ2v) is 10.5. The lowest BCUT2D eigenvalue weighted by Crippen LogP contribution is -2.49. The van der Waals surface area contributed by atoms with Crippen LogP contribution < -0.4 is 24.8 Å². The molecule has 0 radical (unpaired) electrons. The number of aromatic nitrogens is 2. The second-order valence-electron chi connectivity index (χ2n) is 10.5. The summed E-state index contributed by atoms with van der Waals surface area (Å²) in [4.78, 5) is 41.9. The lowest BCUT2D eigenvalue weighted by Gasteiger charge is -2.37. The molecular weight excluding hydrogens is 520 g/mol. The zero-order valence-electron chi connectivity index (χ0n) is 24.1. The molecule has 1 N–H and O–H groups in total. The largest absolute Gasteiger partial charge is 0.495 e. The number of aromatic amines is 1. The minimum atomic E-state index is -0.155. The number of amides is 1. The van der Waals surface area contributed by atoms with Gasteiger partial charge >= 0.3 is 0 Å². The van der Waals surface area contributed by atoms with Crippen molar-refractivity contribution in [2.45, 2.75) is 26.3 Å². The summed E-state index contributed by atoms with van der Waals surface area (Å²) in [6, 6.07) is 17.1. The molecule has 2 aliphatic rings. The van der Waals surface area contributed by atoms with Crippen LogP contribution in [-0.2, 0) is 6.54 Å². The smallest absolute Gasteiger partial charge is 0.253 e. The second kappa shape index (κ2) is 13.5. The van der Waals surface area contributed by atoms with Crippen LogP contribution in [0.3, 0.4) is 0 Å². The van der Waals surface area contributed by atoms with Gasteiger partial charge in [-0.05, 0) is 42.8 Å². The summed E-state index contributed by atoms with van der Waals surface area (Å²) >= 11 is 0. The van der Waals surface area contributed by atoms with Crippen LogP contribution in [0.25, 0.3) is 0 Å². The van der Waals surface area contributed by atoms with Crippen LogP contribution in [0, 0.1) is 0 Å². The van der Waals surface area contributed by atoms with Crippen molar-refractivity contribution in [1.29, 1.82) is 0 Å². The number of methoxy groups -OCH3 is 1. The molecule has 0 atom stereocenters. The number of benzene rings is 2. The van der Waals surface area contributed by atoms with Gasteiger partial charge in [-0.2, -0.15) is 0 Å². The number of hydrogen-bond acceptors (Lipinski definition) is 8. The Kier molecular flexibility index (Phi) is 9.40. The van der Waals surface area contributed by atoms with Crippen molar-refractivity contribution >= 4 is 17.5 Å². The zero-order valence-corrected chi connectivity index (χ0v) is 24.1. The first-order valence-electron chi connectivity index (χ1n) is 14.5. The molecule has 2 aromatic carbocycles. The number of unbranched alkanes of at least 4 members (excludes halogenated alkanes) is 1. The van der Waals surface area contributed by atoms with Crippen LogP contribution in [0.1, 0.15) is 35.8 Å². The number of ether oxygens (including phenoxy) is 2. The number of H-pyrrole nitrogens is 1. The molecule has 3 heterocycles. The standard InChI is InChI=1S/C31H40N6O4/c1-3-4-21-41-26-11-9-24(10-12-26)30(39)36-17-19-37(20-18-36)31-32-25(22-29(38)33-31)23-34-13-15-35(16-14-34)27-7-5-6-8-28(27)40-2/h5-12,22H,3-4,13-21,23H2,1-2H3,(H,32,33,38). The molecule has 0 bridgehead atoms. The quantitative estimate of drug-likeness (QED) is 0.378. The number of carbonyl (C=O) groups excluding carboxylic acids is 1. The van der Waals surface area contributed by atoms with Gasteiger partial charge in [0.15, 0.2) is 0 Å². The van der Waals surface area contributed by atoms with Gasteiger partial charge < -0.3 is 24.2 Å². The highest BCUT2D eigenvalue weighted by atomic mass is 16.5. The van der Waals surface area contributed by atoms with Crippen LogP contribution in [0.2, 0.25) is 0 Å². The molecule has 0 saturated carbocycles. The maximum Gasteiger partial charge on any atom is 0.253 e. The van der Waals surface area contributed by atoms with Crippen LogP contribution in [-0.4, -0.2) is 91.7 Å². The van der Waals surface area contributed by atoms with Gasteiger partial charge in [0.05, 0.1) is 25.1 Å². The van der Waals surface area contributed by atoms with Crippen LogP contribution in [0.4, 0.5) is 11.6 Å². The van der Waals surface area contributed by atoms with Gasteiger partial charge in [0, 0.05) is 70.5 Å². The van der Waals surface area contributed by atoms with Crippen LogP contribution in [0.5, 0.6) is 11.5 Å². The molecule has 3 aromatic rings. The molecule has 10 nitrogen and oxygen atoms in total. The van der Waals surface area contributed by atoms with Crippen LogP contribution >= 0.6 is 0 Å². The first-order valence-corrected chi connectivity index (χ1v) is 14.5. The van der Waals surface area contributed by atoms with E-state index in [2.05, 4.69) is 32.7 Å². The van der Waals surface area contributed by atoms with Crippen LogP contribution in [0.15, 0.2) is 59.4 Å². The Morgan fingerprint density at radius 2 is 1.63 bits per heavy atom. The third kappa shape index (κ3) is 7.18. The molecule has 0 unspecified atom stereocenters. The van der Waals surface area contributed by atoms with Gasteiger partial charge in [-0.3, -0.25) is 19.5 Å². The fourth-order valence-electron chi connectivity index (χ4n) is 5.32. The lowest BCUT2D eigenvalue weighted by molar-refractivity contribution is 0.0746. The molecule has 5 rings (SSSR count). The van der Waals surface area contributed by atoms with Crippen molar-refractivity contribution < 1.29 is 14.3 Å². The van der Waals surface area contributed by atoms with E-state index < -0.39 is 0 Å².